The lowest BCUT2D eigenvalue weighted by Gasteiger charge is -2.26. The van der Waals surface area contributed by atoms with Crippen molar-refractivity contribution in [3.05, 3.63) is 97.1 Å². The Labute approximate surface area is 231 Å². The smallest absolute Gasteiger partial charge is 0.310 e. The largest absolute Gasteiger partial charge is 0.455 e. The van der Waals surface area contributed by atoms with Crippen LogP contribution in [0.25, 0.3) is 0 Å². The van der Waals surface area contributed by atoms with Crippen LogP contribution < -0.4 is 5.32 Å². The number of hydrogen-bond donors (Lipinski definition) is 2. The number of aliphatic hydroxyl groups excluding tert-OH is 1. The highest BCUT2D eigenvalue weighted by molar-refractivity contribution is 5.86. The van der Waals surface area contributed by atoms with E-state index in [2.05, 4.69) is 18.5 Å². The van der Waals surface area contributed by atoms with Crippen LogP contribution in [0.3, 0.4) is 0 Å². The van der Waals surface area contributed by atoms with Crippen molar-refractivity contribution in [2.75, 3.05) is 19.7 Å². The molecular formula is C32H40N2O5. The molecule has 0 unspecified atom stereocenters. The summed E-state index contributed by atoms with van der Waals surface area (Å²) in [6.45, 7) is 8.14. The zero-order valence-corrected chi connectivity index (χ0v) is 22.5. The van der Waals surface area contributed by atoms with Crippen molar-refractivity contribution in [2.45, 2.75) is 50.7 Å². The van der Waals surface area contributed by atoms with Crippen LogP contribution in [0.4, 0.5) is 0 Å². The molecule has 1 fully saturated rings. The fourth-order valence-electron chi connectivity index (χ4n) is 5.00. The summed E-state index contributed by atoms with van der Waals surface area (Å²) in [5, 5.41) is 12.5. The number of nitrogens with one attached hydrogen (secondary N) is 1. The first kappa shape index (κ1) is 29.8. The minimum absolute atomic E-state index is 0.0304. The number of benzene rings is 2. The maximum absolute atomic E-state index is 13.3. The normalized spacial score (nSPS) is 17.1. The molecule has 0 saturated carbocycles. The lowest BCUT2D eigenvalue weighted by Crippen LogP contribution is -2.41. The van der Waals surface area contributed by atoms with Gasteiger partial charge in [0.25, 0.3) is 0 Å². The summed E-state index contributed by atoms with van der Waals surface area (Å²) in [6.07, 6.45) is 5.62. The number of carbonyl (C=O) groups excluding carboxylic acids is 3. The van der Waals surface area contributed by atoms with E-state index in [4.69, 9.17) is 4.74 Å². The van der Waals surface area contributed by atoms with E-state index in [1.807, 2.05) is 60.7 Å². The topological polar surface area (TPSA) is 95.9 Å². The summed E-state index contributed by atoms with van der Waals surface area (Å²) in [5.41, 5.74) is 1.80. The molecule has 4 atom stereocenters. The van der Waals surface area contributed by atoms with Crippen LogP contribution in [-0.2, 0) is 25.5 Å². The molecule has 2 N–H and O–H groups in total. The number of rotatable bonds is 15. The fourth-order valence-corrected chi connectivity index (χ4v) is 5.00. The van der Waals surface area contributed by atoms with Gasteiger partial charge in [0, 0.05) is 13.0 Å². The van der Waals surface area contributed by atoms with Gasteiger partial charge in [0.2, 0.25) is 11.8 Å². The monoisotopic (exact) mass is 532 g/mol. The summed E-state index contributed by atoms with van der Waals surface area (Å²) in [6, 6.07) is 18.9. The minimum Gasteiger partial charge on any atom is -0.455 e. The Morgan fingerprint density at radius 2 is 1.64 bits per heavy atom. The Hall–Kier alpha value is -3.71. The van der Waals surface area contributed by atoms with E-state index in [9.17, 15) is 19.5 Å². The minimum atomic E-state index is -0.692. The molecule has 0 radical (unpaired) electrons. The summed E-state index contributed by atoms with van der Waals surface area (Å²) >= 11 is 0. The van der Waals surface area contributed by atoms with Gasteiger partial charge in [0.15, 0.2) is 0 Å². The fraction of sp³-hybridized carbons (Fsp3) is 0.406. The predicted molar refractivity (Wildman–Crippen MR) is 151 cm³/mol. The Morgan fingerprint density at radius 1 is 1.00 bits per heavy atom. The van der Waals surface area contributed by atoms with Crippen LogP contribution in [0.1, 0.15) is 49.3 Å². The third kappa shape index (κ3) is 8.93. The van der Waals surface area contributed by atoms with E-state index < -0.39 is 17.9 Å². The van der Waals surface area contributed by atoms with Crippen molar-refractivity contribution in [3.63, 3.8) is 0 Å². The Morgan fingerprint density at radius 3 is 2.28 bits per heavy atom. The molecule has 1 heterocycles. The van der Waals surface area contributed by atoms with Crippen molar-refractivity contribution in [3.8, 4) is 0 Å². The molecule has 208 valence electrons. The molecule has 0 bridgehead atoms. The van der Waals surface area contributed by atoms with Crippen LogP contribution in [0.5, 0.6) is 0 Å². The van der Waals surface area contributed by atoms with E-state index in [1.54, 1.807) is 17.1 Å². The summed E-state index contributed by atoms with van der Waals surface area (Å²) in [5.74, 6) is -1.81. The van der Waals surface area contributed by atoms with Crippen molar-refractivity contribution >= 4 is 17.8 Å². The molecule has 1 saturated heterocycles. The zero-order valence-electron chi connectivity index (χ0n) is 22.5. The van der Waals surface area contributed by atoms with Crippen LogP contribution in [0, 0.1) is 11.8 Å². The number of ether oxygens (including phenoxy) is 1. The standard InChI is InChI=1S/C32H40N2O5/c1-3-12-26(21-30(36)34-19-11-18-28(34)23-35)31(37)33-22-29(25-16-9-6-10-17-25)39-32(38)27(13-4-2)20-24-14-7-5-8-15-24/h3-10,14-17,26-29,35H,1-2,11-13,18-23H2,(H,33,37)/t26-,27+,28+,29+/m1/s1. The second-order valence-electron chi connectivity index (χ2n) is 9.98. The van der Waals surface area contributed by atoms with Gasteiger partial charge in [-0.2, -0.15) is 0 Å². The molecule has 0 aromatic heterocycles. The van der Waals surface area contributed by atoms with Gasteiger partial charge in [-0.3, -0.25) is 14.4 Å². The summed E-state index contributed by atoms with van der Waals surface area (Å²) < 4.78 is 5.98. The molecule has 7 heteroatoms. The Balaban J connectivity index is 1.68. The van der Waals surface area contributed by atoms with Crippen molar-refractivity contribution in [1.29, 1.82) is 0 Å². The van der Waals surface area contributed by atoms with E-state index in [-0.39, 0.29) is 43.4 Å². The number of nitrogens with zero attached hydrogens (tertiary/aromatic N) is 1. The van der Waals surface area contributed by atoms with Gasteiger partial charge in [-0.05, 0) is 43.2 Å². The average Bonchev–Trinajstić information content (AvgIpc) is 3.45. The van der Waals surface area contributed by atoms with Gasteiger partial charge in [-0.1, -0.05) is 72.8 Å². The lowest BCUT2D eigenvalue weighted by molar-refractivity contribution is -0.154. The molecule has 1 aliphatic rings. The number of aliphatic hydroxyl groups is 1. The zero-order chi connectivity index (χ0) is 28.0. The molecule has 2 amide bonds. The number of esters is 1. The molecular weight excluding hydrogens is 492 g/mol. The quantitative estimate of drug-likeness (QED) is 0.262. The first-order chi connectivity index (χ1) is 19.0. The summed E-state index contributed by atoms with van der Waals surface area (Å²) in [7, 11) is 0. The molecule has 3 rings (SSSR count). The van der Waals surface area contributed by atoms with Crippen molar-refractivity contribution < 1.29 is 24.2 Å². The number of allylic oxidation sites excluding steroid dienone is 2. The first-order valence-electron chi connectivity index (χ1n) is 13.7. The van der Waals surface area contributed by atoms with Gasteiger partial charge >= 0.3 is 5.97 Å². The maximum atomic E-state index is 13.3. The van der Waals surface area contributed by atoms with Crippen LogP contribution in [0.15, 0.2) is 86.0 Å². The van der Waals surface area contributed by atoms with Gasteiger partial charge < -0.3 is 20.1 Å². The highest BCUT2D eigenvalue weighted by Gasteiger charge is 2.31. The van der Waals surface area contributed by atoms with E-state index in [0.29, 0.717) is 25.8 Å². The lowest BCUT2D eigenvalue weighted by atomic mass is 9.96. The molecule has 7 nitrogen and oxygen atoms in total. The number of amides is 2. The average molecular weight is 533 g/mol. The van der Waals surface area contributed by atoms with Gasteiger partial charge in [0.1, 0.15) is 6.10 Å². The number of likely N-dealkylation sites (tertiary alicyclic amines) is 1. The van der Waals surface area contributed by atoms with Gasteiger partial charge in [0.05, 0.1) is 31.0 Å². The van der Waals surface area contributed by atoms with Crippen molar-refractivity contribution in [1.82, 2.24) is 10.2 Å². The van der Waals surface area contributed by atoms with Crippen LogP contribution >= 0.6 is 0 Å². The second kappa shape index (κ2) is 15.6. The molecule has 2 aromatic rings. The Bertz CT molecular complexity index is 1090. The van der Waals surface area contributed by atoms with Gasteiger partial charge in [-0.25, -0.2) is 0 Å². The van der Waals surface area contributed by atoms with E-state index in [0.717, 1.165) is 24.0 Å². The van der Waals surface area contributed by atoms with E-state index >= 15 is 0 Å². The number of hydrogen-bond acceptors (Lipinski definition) is 5. The first-order valence-corrected chi connectivity index (χ1v) is 13.7. The Kier molecular flexibility index (Phi) is 12.0. The van der Waals surface area contributed by atoms with Gasteiger partial charge in [-0.15, -0.1) is 13.2 Å². The maximum Gasteiger partial charge on any atom is 0.310 e. The second-order valence-corrected chi connectivity index (χ2v) is 9.98. The van der Waals surface area contributed by atoms with Crippen LogP contribution in [-0.4, -0.2) is 53.5 Å². The number of carbonyl (C=O) groups is 3. The molecule has 39 heavy (non-hydrogen) atoms. The van der Waals surface area contributed by atoms with Crippen molar-refractivity contribution in [2.24, 2.45) is 11.8 Å². The molecule has 0 spiro atoms. The van der Waals surface area contributed by atoms with Crippen LogP contribution in [0.2, 0.25) is 0 Å². The van der Waals surface area contributed by atoms with E-state index in [1.165, 1.54) is 0 Å². The molecule has 1 aliphatic heterocycles. The highest BCUT2D eigenvalue weighted by Crippen LogP contribution is 2.24. The molecule has 2 aromatic carbocycles. The third-order valence-corrected chi connectivity index (χ3v) is 7.15. The molecule has 0 aliphatic carbocycles. The SMILES string of the molecule is C=CC[C@H](CC(=O)N1CCC[C@H]1CO)C(=O)NC[C@H](OC(=O)[C@@H](CC=C)Cc1ccccc1)c1ccccc1. The summed E-state index contributed by atoms with van der Waals surface area (Å²) in [4.78, 5) is 41.1. The predicted octanol–water partition coefficient (Wildman–Crippen LogP) is 4.39. The highest BCUT2D eigenvalue weighted by atomic mass is 16.5. The third-order valence-electron chi connectivity index (χ3n) is 7.15.